The highest BCUT2D eigenvalue weighted by Gasteiger charge is 2.38. The van der Waals surface area contributed by atoms with Gasteiger partial charge >= 0.3 is 17.8 Å². The first-order valence-corrected chi connectivity index (χ1v) is 12.4. The maximum Gasteiger partial charge on any atom is 0.490 e. The number of benzene rings is 2. The van der Waals surface area contributed by atoms with E-state index in [4.69, 9.17) is 36.3 Å². The summed E-state index contributed by atoms with van der Waals surface area (Å²) in [6.07, 6.45) is -1.39. The molecular weight excluding hydrogens is 571 g/mol. The number of hydrogen-bond donors (Lipinski definition) is 5. The van der Waals surface area contributed by atoms with Gasteiger partial charge in [-0.1, -0.05) is 43.0 Å². The third kappa shape index (κ3) is 8.22. The van der Waals surface area contributed by atoms with Gasteiger partial charge in [0.05, 0.1) is 12.8 Å². The summed E-state index contributed by atoms with van der Waals surface area (Å²) in [5.74, 6) is -1.32. The number of nitrogens with two attached hydrogens (primary N) is 2. The Bertz CT molecular complexity index is 1650. The molecule has 226 valence electrons. The van der Waals surface area contributed by atoms with Crippen molar-refractivity contribution in [2.75, 3.05) is 19.5 Å². The van der Waals surface area contributed by atoms with Gasteiger partial charge in [0.15, 0.2) is 17.3 Å². The van der Waals surface area contributed by atoms with Crippen LogP contribution in [-0.2, 0) is 11.2 Å². The maximum absolute atomic E-state index is 12.9. The molecule has 4 rings (SSSR count). The standard InChI is InChI=1S/C26H27N7O3.C2HF3O2/c1-3-13-36-22-15-18(10-11-21(22)35-2)19(14-16-6-8-17(9-7-16)23(28)29)24-31-26(34)33(32-24)25-20(27)5-4-12-30-25;3-2(4,5)1(6)7/h3-12,15,19H,1,13-14,27H2,2H3,(H3,28,29)(H,31,32,34);(H,6,7). The minimum atomic E-state index is -5.08. The smallest absolute Gasteiger partial charge is 0.490 e. The van der Waals surface area contributed by atoms with Crippen molar-refractivity contribution in [2.45, 2.75) is 18.5 Å². The van der Waals surface area contributed by atoms with E-state index in [2.05, 4.69) is 21.6 Å². The molecule has 2 aromatic carbocycles. The normalized spacial score (nSPS) is 11.5. The number of amidine groups is 1. The fourth-order valence-electron chi connectivity index (χ4n) is 3.83. The van der Waals surface area contributed by atoms with Crippen LogP contribution in [0.25, 0.3) is 5.82 Å². The number of nitrogens with one attached hydrogen (secondary N) is 2. The average molecular weight is 600 g/mol. The monoisotopic (exact) mass is 599 g/mol. The van der Waals surface area contributed by atoms with Crippen molar-refractivity contribution in [3.63, 3.8) is 0 Å². The number of carboxylic acid groups (broad SMARTS) is 1. The number of alkyl halides is 3. The van der Waals surface area contributed by atoms with Gasteiger partial charge in [0.1, 0.15) is 18.3 Å². The zero-order chi connectivity index (χ0) is 31.7. The number of anilines is 1. The number of pyridine rings is 1. The van der Waals surface area contributed by atoms with E-state index in [0.717, 1.165) is 15.8 Å². The quantitative estimate of drug-likeness (QED) is 0.103. The lowest BCUT2D eigenvalue weighted by atomic mass is 9.90. The van der Waals surface area contributed by atoms with Gasteiger partial charge in [-0.25, -0.2) is 14.6 Å². The largest absolute Gasteiger partial charge is 0.493 e. The van der Waals surface area contributed by atoms with E-state index in [1.807, 2.05) is 30.3 Å². The Labute approximate surface area is 242 Å². The first-order chi connectivity index (χ1) is 20.3. The van der Waals surface area contributed by atoms with Crippen LogP contribution < -0.4 is 26.6 Å². The summed E-state index contributed by atoms with van der Waals surface area (Å²) in [6.45, 7) is 4.01. The van der Waals surface area contributed by atoms with Crippen LogP contribution in [0.15, 0.2) is 78.2 Å². The summed E-state index contributed by atoms with van der Waals surface area (Å²) in [7, 11) is 1.57. The molecule has 7 N–H and O–H groups in total. The van der Waals surface area contributed by atoms with Gasteiger partial charge in [0.2, 0.25) is 0 Å². The van der Waals surface area contributed by atoms with Gasteiger partial charge < -0.3 is 26.0 Å². The van der Waals surface area contributed by atoms with Crippen molar-refractivity contribution in [1.29, 1.82) is 5.41 Å². The van der Waals surface area contributed by atoms with E-state index in [9.17, 15) is 18.0 Å². The molecule has 12 nitrogen and oxygen atoms in total. The van der Waals surface area contributed by atoms with E-state index in [1.54, 1.807) is 43.6 Å². The molecule has 1 atom stereocenters. The first kappa shape index (κ1) is 31.9. The van der Waals surface area contributed by atoms with Crippen molar-refractivity contribution in [2.24, 2.45) is 5.73 Å². The summed E-state index contributed by atoms with van der Waals surface area (Å²) >= 11 is 0. The number of methoxy groups -OCH3 is 1. The number of hydrogen-bond acceptors (Lipinski definition) is 8. The van der Waals surface area contributed by atoms with Crippen molar-refractivity contribution >= 4 is 17.5 Å². The number of carbonyl (C=O) groups is 1. The predicted molar refractivity (Wildman–Crippen MR) is 152 cm³/mol. The number of nitrogens with zero attached hydrogens (tertiary/aromatic N) is 3. The number of ether oxygens (including phenoxy) is 2. The molecule has 0 saturated heterocycles. The fourth-order valence-corrected chi connectivity index (χ4v) is 3.83. The lowest BCUT2D eigenvalue weighted by Crippen LogP contribution is -2.21. The van der Waals surface area contributed by atoms with Crippen molar-refractivity contribution in [1.82, 2.24) is 19.7 Å². The van der Waals surface area contributed by atoms with Gasteiger partial charge in [-0.2, -0.15) is 17.9 Å². The molecule has 2 heterocycles. The van der Waals surface area contributed by atoms with Crippen LogP contribution >= 0.6 is 0 Å². The third-order valence-electron chi connectivity index (χ3n) is 5.88. The van der Waals surface area contributed by atoms with Crippen LogP contribution in [0.4, 0.5) is 18.9 Å². The number of aromatic amines is 1. The summed E-state index contributed by atoms with van der Waals surface area (Å²) in [5, 5.41) is 19.3. The Morgan fingerprint density at radius 1 is 1.21 bits per heavy atom. The van der Waals surface area contributed by atoms with Crippen LogP contribution in [-0.4, -0.2) is 56.6 Å². The van der Waals surface area contributed by atoms with E-state index in [-0.39, 0.29) is 17.6 Å². The molecule has 0 fully saturated rings. The number of aliphatic carboxylic acids is 1. The molecule has 15 heteroatoms. The number of carboxylic acids is 1. The van der Waals surface area contributed by atoms with Crippen molar-refractivity contribution in [3.8, 4) is 17.3 Å². The lowest BCUT2D eigenvalue weighted by Gasteiger charge is -2.18. The zero-order valence-electron chi connectivity index (χ0n) is 22.8. The minimum absolute atomic E-state index is 0.00622. The minimum Gasteiger partial charge on any atom is -0.493 e. The highest BCUT2D eigenvalue weighted by atomic mass is 19.4. The van der Waals surface area contributed by atoms with Crippen molar-refractivity contribution in [3.05, 3.63) is 106 Å². The van der Waals surface area contributed by atoms with Crippen LogP contribution in [0.2, 0.25) is 0 Å². The summed E-state index contributed by atoms with van der Waals surface area (Å²) in [5.41, 5.74) is 13.9. The van der Waals surface area contributed by atoms with E-state index < -0.39 is 17.8 Å². The number of halogens is 3. The van der Waals surface area contributed by atoms with E-state index in [0.29, 0.717) is 41.6 Å². The van der Waals surface area contributed by atoms with Gasteiger partial charge in [0, 0.05) is 17.7 Å². The summed E-state index contributed by atoms with van der Waals surface area (Å²) in [4.78, 5) is 28.8. The van der Waals surface area contributed by atoms with Crippen LogP contribution in [0.3, 0.4) is 0 Å². The van der Waals surface area contributed by atoms with Gasteiger partial charge in [-0.3, -0.25) is 10.4 Å². The molecule has 0 radical (unpaired) electrons. The Kier molecular flexibility index (Phi) is 10.3. The lowest BCUT2D eigenvalue weighted by molar-refractivity contribution is -0.192. The van der Waals surface area contributed by atoms with Crippen LogP contribution in [0, 0.1) is 5.41 Å². The highest BCUT2D eigenvalue weighted by molar-refractivity contribution is 5.94. The molecule has 0 bridgehead atoms. The molecular formula is C28H28F3N7O5. The van der Waals surface area contributed by atoms with Gasteiger partial charge in [-0.05, 0) is 41.8 Å². The Hall–Kier alpha value is -5.60. The Balaban J connectivity index is 0.000000646. The van der Waals surface area contributed by atoms with Gasteiger partial charge in [0.25, 0.3) is 0 Å². The van der Waals surface area contributed by atoms with Gasteiger partial charge in [-0.15, -0.1) is 5.10 Å². The second-order valence-electron chi connectivity index (χ2n) is 8.82. The topological polar surface area (TPSA) is 195 Å². The number of nitrogen functional groups attached to an aromatic ring is 2. The second kappa shape index (κ2) is 13.8. The third-order valence-corrected chi connectivity index (χ3v) is 5.88. The first-order valence-electron chi connectivity index (χ1n) is 12.4. The second-order valence-corrected chi connectivity index (χ2v) is 8.82. The van der Waals surface area contributed by atoms with E-state index >= 15 is 0 Å². The molecule has 0 aliphatic heterocycles. The molecule has 0 aliphatic carbocycles. The maximum atomic E-state index is 12.9. The average Bonchev–Trinajstić information content (AvgIpc) is 3.35. The zero-order valence-corrected chi connectivity index (χ0v) is 22.8. The fraction of sp³-hybridized carbons (Fsp3) is 0.179. The van der Waals surface area contributed by atoms with Crippen LogP contribution in [0.1, 0.15) is 28.4 Å². The predicted octanol–water partition coefficient (Wildman–Crippen LogP) is 3.40. The summed E-state index contributed by atoms with van der Waals surface area (Å²) < 4.78 is 44.1. The van der Waals surface area contributed by atoms with E-state index in [1.165, 1.54) is 0 Å². The Morgan fingerprint density at radius 3 is 2.44 bits per heavy atom. The molecule has 0 aliphatic rings. The molecule has 0 amide bonds. The molecule has 2 aromatic heterocycles. The Morgan fingerprint density at radius 2 is 1.88 bits per heavy atom. The molecule has 4 aromatic rings. The number of rotatable bonds is 10. The molecule has 1 unspecified atom stereocenters. The number of aromatic nitrogens is 4. The number of H-pyrrole nitrogens is 1. The molecule has 43 heavy (non-hydrogen) atoms. The van der Waals surface area contributed by atoms with Crippen LogP contribution in [0.5, 0.6) is 11.5 Å². The highest BCUT2D eigenvalue weighted by Crippen LogP contribution is 2.34. The summed E-state index contributed by atoms with van der Waals surface area (Å²) in [6, 6.07) is 16.3. The van der Waals surface area contributed by atoms with Crippen molar-refractivity contribution < 1.29 is 32.5 Å². The molecule has 0 spiro atoms. The molecule has 0 saturated carbocycles. The SMILES string of the molecule is C=CCOc1cc(C(Cc2ccc(C(=N)N)cc2)c2nn(-c3ncccc3N)c(=O)[nH]2)ccc1OC.O=C(O)C(F)(F)F.